The lowest BCUT2D eigenvalue weighted by Crippen LogP contribution is -2.26. The molecule has 0 aliphatic rings. The van der Waals surface area contributed by atoms with E-state index < -0.39 is 10.0 Å². The molecule has 0 heterocycles. The molecule has 0 aliphatic heterocycles. The highest BCUT2D eigenvalue weighted by molar-refractivity contribution is 7.88. The van der Waals surface area contributed by atoms with E-state index in [-0.39, 0.29) is 11.3 Å². The van der Waals surface area contributed by atoms with Crippen LogP contribution in [0.3, 0.4) is 0 Å². The van der Waals surface area contributed by atoms with Gasteiger partial charge in [0.05, 0.1) is 6.26 Å². The predicted octanol–water partition coefficient (Wildman–Crippen LogP) is 2.64. The molecule has 0 radical (unpaired) electrons. The minimum atomic E-state index is -3.11. The molecular formula is C14H23NO2S. The summed E-state index contributed by atoms with van der Waals surface area (Å²) in [5.41, 5.74) is 2.58. The molecule has 0 saturated carbocycles. The number of sulfonamides is 1. The fourth-order valence-corrected chi connectivity index (χ4v) is 2.26. The second kappa shape index (κ2) is 5.41. The summed E-state index contributed by atoms with van der Waals surface area (Å²) in [6.45, 7) is 8.99. The van der Waals surface area contributed by atoms with Gasteiger partial charge in [-0.3, -0.25) is 0 Å². The summed E-state index contributed by atoms with van der Waals surface area (Å²) in [5, 5.41) is 0. The van der Waals surface area contributed by atoms with Gasteiger partial charge in [-0.15, -0.1) is 0 Å². The fraction of sp³-hybridized carbons (Fsp3) is 0.571. The van der Waals surface area contributed by atoms with Gasteiger partial charge in [0.15, 0.2) is 0 Å². The molecule has 0 aromatic heterocycles. The van der Waals surface area contributed by atoms with Gasteiger partial charge in [-0.05, 0) is 22.5 Å². The highest BCUT2D eigenvalue weighted by Crippen LogP contribution is 2.24. The van der Waals surface area contributed by atoms with E-state index in [2.05, 4.69) is 49.8 Å². The Morgan fingerprint density at radius 1 is 1.17 bits per heavy atom. The lowest BCUT2D eigenvalue weighted by Gasteiger charge is -2.20. The summed E-state index contributed by atoms with van der Waals surface area (Å²) in [7, 11) is -3.11. The first-order chi connectivity index (χ1) is 8.09. The summed E-state index contributed by atoms with van der Waals surface area (Å²) in [6.07, 6.45) is 1.18. The van der Waals surface area contributed by atoms with Crippen molar-refractivity contribution >= 4 is 10.0 Å². The molecule has 1 atom stereocenters. The second-order valence-corrected chi connectivity index (χ2v) is 7.73. The summed E-state index contributed by atoms with van der Waals surface area (Å²) in [4.78, 5) is 0. The Morgan fingerprint density at radius 2 is 1.67 bits per heavy atom. The average Bonchev–Trinajstić information content (AvgIpc) is 2.24. The molecule has 1 aromatic rings. The Balaban J connectivity index is 2.74. The van der Waals surface area contributed by atoms with Crippen molar-refractivity contribution in [1.29, 1.82) is 0 Å². The molecule has 0 fully saturated rings. The zero-order chi connectivity index (χ0) is 14.0. The molecule has 3 nitrogen and oxygen atoms in total. The molecule has 102 valence electrons. The molecule has 0 aliphatic carbocycles. The average molecular weight is 269 g/mol. The maximum Gasteiger partial charge on any atom is 0.208 e. The SMILES string of the molecule is CC(CNS(C)(=O)=O)c1ccc(C(C)(C)C)cc1. The zero-order valence-electron chi connectivity index (χ0n) is 11.8. The van der Waals surface area contributed by atoms with Crippen LogP contribution in [0.1, 0.15) is 44.7 Å². The van der Waals surface area contributed by atoms with Gasteiger partial charge in [-0.25, -0.2) is 13.1 Å². The number of hydrogen-bond donors (Lipinski definition) is 1. The Kier molecular flexibility index (Phi) is 4.56. The third-order valence-corrected chi connectivity index (χ3v) is 3.69. The highest BCUT2D eigenvalue weighted by Gasteiger charge is 2.14. The van der Waals surface area contributed by atoms with E-state index in [4.69, 9.17) is 0 Å². The van der Waals surface area contributed by atoms with Crippen LogP contribution in [0, 0.1) is 0 Å². The summed E-state index contributed by atoms with van der Waals surface area (Å²) in [6, 6.07) is 8.39. The van der Waals surface area contributed by atoms with Crippen molar-refractivity contribution in [3.63, 3.8) is 0 Å². The largest absolute Gasteiger partial charge is 0.215 e. The van der Waals surface area contributed by atoms with Gasteiger partial charge in [-0.1, -0.05) is 52.0 Å². The van der Waals surface area contributed by atoms with Crippen molar-refractivity contribution in [2.45, 2.75) is 39.0 Å². The predicted molar refractivity (Wildman–Crippen MR) is 76.4 cm³/mol. The van der Waals surface area contributed by atoms with Gasteiger partial charge in [0, 0.05) is 6.54 Å². The van der Waals surface area contributed by atoms with Crippen LogP contribution in [0.4, 0.5) is 0 Å². The van der Waals surface area contributed by atoms with Crippen LogP contribution in [0.5, 0.6) is 0 Å². The smallest absolute Gasteiger partial charge is 0.208 e. The number of rotatable bonds is 4. The number of hydrogen-bond acceptors (Lipinski definition) is 2. The van der Waals surface area contributed by atoms with Crippen molar-refractivity contribution in [3.8, 4) is 0 Å². The van der Waals surface area contributed by atoms with Gasteiger partial charge in [-0.2, -0.15) is 0 Å². The Morgan fingerprint density at radius 3 is 2.06 bits per heavy atom. The zero-order valence-corrected chi connectivity index (χ0v) is 12.6. The van der Waals surface area contributed by atoms with Crippen LogP contribution in [-0.4, -0.2) is 21.2 Å². The van der Waals surface area contributed by atoms with E-state index in [1.807, 2.05) is 6.92 Å². The first-order valence-electron chi connectivity index (χ1n) is 6.14. The summed E-state index contributed by atoms with van der Waals surface area (Å²) in [5.74, 6) is 0.175. The molecule has 18 heavy (non-hydrogen) atoms. The summed E-state index contributed by atoms with van der Waals surface area (Å²) < 4.78 is 24.6. The van der Waals surface area contributed by atoms with Crippen LogP contribution in [0.25, 0.3) is 0 Å². The van der Waals surface area contributed by atoms with Crippen molar-refractivity contribution in [3.05, 3.63) is 35.4 Å². The lowest BCUT2D eigenvalue weighted by atomic mass is 9.86. The van der Waals surface area contributed by atoms with Crippen molar-refractivity contribution in [2.75, 3.05) is 12.8 Å². The molecule has 1 rings (SSSR count). The number of benzene rings is 1. The topological polar surface area (TPSA) is 46.2 Å². The van der Waals surface area contributed by atoms with Gasteiger partial charge < -0.3 is 0 Å². The summed E-state index contributed by atoms with van der Waals surface area (Å²) >= 11 is 0. The first kappa shape index (κ1) is 15.2. The maximum atomic E-state index is 11.0. The van der Waals surface area contributed by atoms with E-state index in [1.54, 1.807) is 0 Å². The monoisotopic (exact) mass is 269 g/mol. The van der Waals surface area contributed by atoms with E-state index in [9.17, 15) is 8.42 Å². The van der Waals surface area contributed by atoms with Gasteiger partial charge in [0.25, 0.3) is 0 Å². The van der Waals surface area contributed by atoms with E-state index in [0.29, 0.717) is 6.54 Å². The molecular weight excluding hydrogens is 246 g/mol. The van der Waals surface area contributed by atoms with Crippen LogP contribution >= 0.6 is 0 Å². The number of nitrogens with one attached hydrogen (secondary N) is 1. The lowest BCUT2D eigenvalue weighted by molar-refractivity contribution is 0.580. The van der Waals surface area contributed by atoms with Crippen LogP contribution in [0.15, 0.2) is 24.3 Å². The standard InChI is InChI=1S/C14H23NO2S/c1-11(10-15-18(5,16)17)12-6-8-13(9-7-12)14(2,3)4/h6-9,11,15H,10H2,1-5H3. The maximum absolute atomic E-state index is 11.0. The molecule has 0 bridgehead atoms. The normalized spacial score (nSPS) is 14.5. The minimum absolute atomic E-state index is 0.146. The highest BCUT2D eigenvalue weighted by atomic mass is 32.2. The van der Waals surface area contributed by atoms with E-state index >= 15 is 0 Å². The second-order valence-electron chi connectivity index (χ2n) is 5.89. The Hall–Kier alpha value is -0.870. The van der Waals surface area contributed by atoms with Crippen molar-refractivity contribution < 1.29 is 8.42 Å². The molecule has 4 heteroatoms. The van der Waals surface area contributed by atoms with E-state index in [0.717, 1.165) is 5.56 Å². The Labute approximate surface area is 111 Å². The third kappa shape index (κ3) is 4.78. The van der Waals surface area contributed by atoms with Gasteiger partial charge in [0.2, 0.25) is 10.0 Å². The fourth-order valence-electron chi connectivity index (χ4n) is 1.71. The molecule has 1 N–H and O–H groups in total. The molecule has 1 aromatic carbocycles. The van der Waals surface area contributed by atoms with Crippen molar-refractivity contribution in [1.82, 2.24) is 4.72 Å². The minimum Gasteiger partial charge on any atom is -0.215 e. The molecule has 0 saturated heterocycles. The third-order valence-electron chi connectivity index (χ3n) is 3.00. The molecule has 0 spiro atoms. The van der Waals surface area contributed by atoms with Gasteiger partial charge in [0.1, 0.15) is 0 Å². The molecule has 0 amide bonds. The van der Waals surface area contributed by atoms with E-state index in [1.165, 1.54) is 11.8 Å². The van der Waals surface area contributed by atoms with Crippen LogP contribution in [-0.2, 0) is 15.4 Å². The molecule has 1 unspecified atom stereocenters. The van der Waals surface area contributed by atoms with Crippen LogP contribution in [0.2, 0.25) is 0 Å². The quantitative estimate of drug-likeness (QED) is 0.913. The Bertz CT molecular complexity index is 484. The van der Waals surface area contributed by atoms with Crippen LogP contribution < -0.4 is 4.72 Å². The van der Waals surface area contributed by atoms with Gasteiger partial charge >= 0.3 is 0 Å². The first-order valence-corrected chi connectivity index (χ1v) is 8.04. The van der Waals surface area contributed by atoms with Crippen molar-refractivity contribution in [2.24, 2.45) is 0 Å².